The van der Waals surface area contributed by atoms with Crippen LogP contribution in [-0.2, 0) is 10.0 Å². The maximum atomic E-state index is 12.3. The summed E-state index contributed by atoms with van der Waals surface area (Å²) in [6.45, 7) is 1.64. The predicted molar refractivity (Wildman–Crippen MR) is 88.6 cm³/mol. The van der Waals surface area contributed by atoms with Gasteiger partial charge in [-0.15, -0.1) is 0 Å². The minimum atomic E-state index is -3.95. The molecule has 0 fully saturated rings. The van der Waals surface area contributed by atoms with Crippen LogP contribution in [-0.4, -0.2) is 19.2 Å². The molecule has 0 aliphatic carbocycles. The summed E-state index contributed by atoms with van der Waals surface area (Å²) in [6, 6.07) is 7.57. The zero-order chi connectivity index (χ0) is 18.1. The Bertz CT molecular complexity index is 943. The van der Waals surface area contributed by atoms with E-state index < -0.39 is 26.5 Å². The molecule has 24 heavy (non-hydrogen) atoms. The molecule has 10 heteroatoms. The fraction of sp³-hybridized carbons (Fsp3) is 0.0714. The lowest BCUT2D eigenvalue weighted by molar-refractivity contribution is -0.385. The lowest BCUT2D eigenvalue weighted by atomic mass is 10.1. The van der Waals surface area contributed by atoms with E-state index in [-0.39, 0.29) is 21.2 Å². The van der Waals surface area contributed by atoms with Crippen molar-refractivity contribution in [3.8, 4) is 0 Å². The number of sulfonamides is 1. The van der Waals surface area contributed by atoms with E-state index in [1.54, 1.807) is 6.92 Å². The Morgan fingerprint density at radius 3 is 2.50 bits per heavy atom. The molecule has 0 spiro atoms. The van der Waals surface area contributed by atoms with E-state index in [1.807, 2.05) is 0 Å². The molecule has 0 heterocycles. The van der Waals surface area contributed by atoms with Crippen molar-refractivity contribution in [2.24, 2.45) is 5.14 Å². The van der Waals surface area contributed by atoms with Crippen LogP contribution in [0, 0.1) is 17.0 Å². The molecule has 0 unspecified atom stereocenters. The topological polar surface area (TPSA) is 132 Å². The minimum Gasteiger partial charge on any atom is -0.321 e. The number of nitrogens with one attached hydrogen (secondary N) is 1. The van der Waals surface area contributed by atoms with Crippen LogP contribution < -0.4 is 10.5 Å². The van der Waals surface area contributed by atoms with E-state index in [2.05, 4.69) is 5.32 Å². The number of aryl methyl sites for hydroxylation is 1. The Kier molecular flexibility index (Phi) is 4.88. The smallest absolute Gasteiger partial charge is 0.283 e. The van der Waals surface area contributed by atoms with Crippen molar-refractivity contribution in [1.29, 1.82) is 0 Å². The number of hydrogen-bond acceptors (Lipinski definition) is 5. The van der Waals surface area contributed by atoms with E-state index >= 15 is 0 Å². The third-order valence-electron chi connectivity index (χ3n) is 3.19. The van der Waals surface area contributed by atoms with Crippen LogP contribution in [0.1, 0.15) is 15.9 Å². The van der Waals surface area contributed by atoms with Crippen LogP contribution in [0.5, 0.6) is 0 Å². The van der Waals surface area contributed by atoms with Crippen molar-refractivity contribution in [3.63, 3.8) is 0 Å². The summed E-state index contributed by atoms with van der Waals surface area (Å²) in [5, 5.41) is 18.7. The minimum absolute atomic E-state index is 0.116. The Hall–Kier alpha value is -2.49. The largest absolute Gasteiger partial charge is 0.321 e. The van der Waals surface area contributed by atoms with Crippen molar-refractivity contribution in [2.45, 2.75) is 11.8 Å². The third kappa shape index (κ3) is 3.88. The summed E-state index contributed by atoms with van der Waals surface area (Å²) in [5.74, 6) is -0.770. The molecule has 8 nitrogen and oxygen atoms in total. The molecule has 3 N–H and O–H groups in total. The molecule has 0 aliphatic rings. The number of hydrogen-bond donors (Lipinski definition) is 2. The zero-order valence-electron chi connectivity index (χ0n) is 12.3. The molecule has 126 valence electrons. The van der Waals surface area contributed by atoms with Crippen molar-refractivity contribution in [3.05, 3.63) is 62.7 Å². The highest BCUT2D eigenvalue weighted by atomic mass is 35.5. The van der Waals surface area contributed by atoms with Crippen molar-refractivity contribution < 1.29 is 18.1 Å². The second-order valence-corrected chi connectivity index (χ2v) is 6.89. The zero-order valence-corrected chi connectivity index (χ0v) is 13.9. The quantitative estimate of drug-likeness (QED) is 0.630. The summed E-state index contributed by atoms with van der Waals surface area (Å²) in [7, 11) is -3.95. The monoisotopic (exact) mass is 369 g/mol. The van der Waals surface area contributed by atoms with Gasteiger partial charge < -0.3 is 5.32 Å². The number of halogens is 1. The van der Waals surface area contributed by atoms with E-state index in [0.29, 0.717) is 5.56 Å². The van der Waals surface area contributed by atoms with E-state index in [0.717, 1.165) is 6.07 Å². The van der Waals surface area contributed by atoms with Gasteiger partial charge in [0.1, 0.15) is 5.56 Å². The Labute approximate surface area is 142 Å². The standard InChI is InChI=1S/C14H12ClN3O5S/c1-8-2-4-10(24(16,22)23)7-12(8)17-14(19)11-5-3-9(15)6-13(11)18(20)21/h2-7H,1H3,(H,17,19)(H2,16,22,23). The van der Waals surface area contributed by atoms with Crippen molar-refractivity contribution in [1.82, 2.24) is 0 Å². The van der Waals surface area contributed by atoms with Crippen LogP contribution in [0.25, 0.3) is 0 Å². The second kappa shape index (κ2) is 6.56. The number of nitrogens with zero attached hydrogens (tertiary/aromatic N) is 1. The highest BCUT2D eigenvalue weighted by Gasteiger charge is 2.21. The van der Waals surface area contributed by atoms with Crippen LogP contribution >= 0.6 is 11.6 Å². The summed E-state index contributed by atoms with van der Waals surface area (Å²) in [5.41, 5.74) is 0.0770. The number of carbonyl (C=O) groups is 1. The van der Waals surface area contributed by atoms with Crippen LogP contribution in [0.4, 0.5) is 11.4 Å². The Morgan fingerprint density at radius 2 is 1.92 bits per heavy atom. The molecular weight excluding hydrogens is 358 g/mol. The predicted octanol–water partition coefficient (Wildman–Crippen LogP) is 2.46. The number of nitro benzene ring substituents is 1. The lowest BCUT2D eigenvalue weighted by Gasteiger charge is -2.10. The molecule has 0 radical (unpaired) electrons. The molecule has 2 aromatic carbocycles. The summed E-state index contributed by atoms with van der Waals surface area (Å²) in [4.78, 5) is 22.5. The number of nitrogens with two attached hydrogens (primary N) is 1. The summed E-state index contributed by atoms with van der Waals surface area (Å²) < 4.78 is 22.8. The van der Waals surface area contributed by atoms with Gasteiger partial charge in [0, 0.05) is 16.8 Å². The SMILES string of the molecule is Cc1ccc(S(N)(=O)=O)cc1NC(=O)c1ccc(Cl)cc1[N+](=O)[O-]. The van der Waals surface area contributed by atoms with Gasteiger partial charge in [0.2, 0.25) is 10.0 Å². The average Bonchev–Trinajstić information content (AvgIpc) is 2.48. The molecule has 1 amide bonds. The van der Waals surface area contributed by atoms with Crippen molar-refractivity contribution >= 4 is 38.9 Å². The number of nitro groups is 1. The van der Waals surface area contributed by atoms with Gasteiger partial charge >= 0.3 is 0 Å². The average molecular weight is 370 g/mol. The molecule has 0 aliphatic heterocycles. The molecule has 0 atom stereocenters. The highest BCUT2D eigenvalue weighted by molar-refractivity contribution is 7.89. The van der Waals surface area contributed by atoms with Gasteiger partial charge in [-0.05, 0) is 36.8 Å². The highest BCUT2D eigenvalue weighted by Crippen LogP contribution is 2.25. The Balaban J connectivity index is 2.43. The van der Waals surface area contributed by atoms with Gasteiger partial charge in [-0.25, -0.2) is 13.6 Å². The van der Waals surface area contributed by atoms with E-state index in [4.69, 9.17) is 16.7 Å². The number of rotatable bonds is 4. The van der Waals surface area contributed by atoms with Gasteiger partial charge in [0.05, 0.1) is 9.82 Å². The molecule has 0 saturated heterocycles. The third-order valence-corrected chi connectivity index (χ3v) is 4.33. The molecule has 0 bridgehead atoms. The maximum absolute atomic E-state index is 12.3. The molecular formula is C14H12ClN3O5S. The fourth-order valence-corrected chi connectivity index (χ4v) is 2.66. The first-order valence-electron chi connectivity index (χ1n) is 6.48. The second-order valence-electron chi connectivity index (χ2n) is 4.89. The molecule has 0 aromatic heterocycles. The fourth-order valence-electron chi connectivity index (χ4n) is 1.95. The van der Waals surface area contributed by atoms with Gasteiger partial charge in [-0.1, -0.05) is 17.7 Å². The number of primary sulfonamides is 1. The molecule has 0 saturated carbocycles. The molecule has 2 rings (SSSR count). The first-order valence-corrected chi connectivity index (χ1v) is 8.41. The number of benzene rings is 2. The van der Waals surface area contributed by atoms with E-state index in [1.165, 1.54) is 30.3 Å². The Morgan fingerprint density at radius 1 is 1.25 bits per heavy atom. The van der Waals surface area contributed by atoms with Gasteiger partial charge in [0.25, 0.3) is 11.6 Å². The lowest BCUT2D eigenvalue weighted by Crippen LogP contribution is -2.16. The number of amides is 1. The number of carbonyl (C=O) groups excluding carboxylic acids is 1. The summed E-state index contributed by atoms with van der Waals surface area (Å²) >= 11 is 5.71. The molecule has 2 aromatic rings. The van der Waals surface area contributed by atoms with Crippen LogP contribution in [0.3, 0.4) is 0 Å². The van der Waals surface area contributed by atoms with Crippen LogP contribution in [0.2, 0.25) is 5.02 Å². The number of anilines is 1. The first kappa shape index (κ1) is 17.9. The normalized spacial score (nSPS) is 11.1. The van der Waals surface area contributed by atoms with Crippen LogP contribution in [0.15, 0.2) is 41.3 Å². The van der Waals surface area contributed by atoms with Crippen molar-refractivity contribution in [2.75, 3.05) is 5.32 Å². The first-order chi connectivity index (χ1) is 11.1. The van der Waals surface area contributed by atoms with Gasteiger partial charge in [0.15, 0.2) is 0 Å². The van der Waals surface area contributed by atoms with Gasteiger partial charge in [-0.3, -0.25) is 14.9 Å². The van der Waals surface area contributed by atoms with Gasteiger partial charge in [-0.2, -0.15) is 0 Å². The maximum Gasteiger partial charge on any atom is 0.283 e. The van der Waals surface area contributed by atoms with E-state index in [9.17, 15) is 23.3 Å². The summed E-state index contributed by atoms with van der Waals surface area (Å²) in [6.07, 6.45) is 0.